The van der Waals surface area contributed by atoms with Crippen LogP contribution in [0.25, 0.3) is 0 Å². The van der Waals surface area contributed by atoms with Crippen LogP contribution in [0.1, 0.15) is 36.4 Å². The Balaban J connectivity index is 1.58. The maximum absolute atomic E-state index is 12.1. The van der Waals surface area contributed by atoms with Crippen LogP contribution in [0.5, 0.6) is 0 Å². The molecule has 114 valence electrons. The highest BCUT2D eigenvalue weighted by Gasteiger charge is 2.38. The number of ether oxygens (including phenoxy) is 1. The van der Waals surface area contributed by atoms with Gasteiger partial charge in [-0.25, -0.2) is 4.79 Å². The van der Waals surface area contributed by atoms with E-state index in [1.165, 1.54) is 0 Å². The fourth-order valence-electron chi connectivity index (χ4n) is 3.21. The summed E-state index contributed by atoms with van der Waals surface area (Å²) in [7, 11) is 1.69. The Morgan fingerprint density at radius 2 is 2.19 bits per heavy atom. The van der Waals surface area contributed by atoms with E-state index in [9.17, 15) is 9.90 Å². The molecule has 3 N–H and O–H groups in total. The van der Waals surface area contributed by atoms with Gasteiger partial charge in [0.1, 0.15) is 0 Å². The number of carbonyl (C=O) groups excluding carboxylic acids is 1. The molecule has 2 amide bonds. The highest BCUT2D eigenvalue weighted by molar-refractivity contribution is 5.75. The third-order valence-corrected chi connectivity index (χ3v) is 4.76. The van der Waals surface area contributed by atoms with Gasteiger partial charge < -0.3 is 20.5 Å². The fraction of sp³-hybridized carbons (Fsp3) is 0.562. The van der Waals surface area contributed by atoms with Crippen LogP contribution in [0.4, 0.5) is 4.79 Å². The molecule has 0 aliphatic heterocycles. The summed E-state index contributed by atoms with van der Waals surface area (Å²) in [6.45, 7) is 0.514. The lowest BCUT2D eigenvalue weighted by atomic mass is 9.80. The largest absolute Gasteiger partial charge is 0.390 e. The highest BCUT2D eigenvalue weighted by Crippen LogP contribution is 2.34. The number of methoxy groups -OCH3 is 1. The van der Waals surface area contributed by atoms with Crippen molar-refractivity contribution in [2.75, 3.05) is 13.7 Å². The molecule has 0 aromatic heterocycles. The van der Waals surface area contributed by atoms with E-state index in [0.29, 0.717) is 13.0 Å². The lowest BCUT2D eigenvalue weighted by Gasteiger charge is -2.40. The van der Waals surface area contributed by atoms with E-state index in [0.717, 1.165) is 30.4 Å². The zero-order valence-corrected chi connectivity index (χ0v) is 12.3. The number of aliphatic hydroxyl groups excluding tert-OH is 1. The van der Waals surface area contributed by atoms with E-state index in [2.05, 4.69) is 10.6 Å². The lowest BCUT2D eigenvalue weighted by molar-refractivity contribution is -0.0674. The monoisotopic (exact) mass is 290 g/mol. The Kier molecular flexibility index (Phi) is 3.87. The minimum Gasteiger partial charge on any atom is -0.390 e. The Labute approximate surface area is 124 Å². The van der Waals surface area contributed by atoms with E-state index < -0.39 is 6.10 Å². The number of amides is 2. The molecule has 1 saturated carbocycles. The van der Waals surface area contributed by atoms with Crippen LogP contribution in [0.15, 0.2) is 24.3 Å². The summed E-state index contributed by atoms with van der Waals surface area (Å²) in [4.78, 5) is 12.1. The van der Waals surface area contributed by atoms with Gasteiger partial charge >= 0.3 is 6.03 Å². The number of benzene rings is 1. The molecule has 1 aromatic rings. The second-order valence-corrected chi connectivity index (χ2v) is 6.02. The molecule has 3 rings (SSSR count). The van der Waals surface area contributed by atoms with Gasteiger partial charge in [-0.3, -0.25) is 0 Å². The van der Waals surface area contributed by atoms with Crippen molar-refractivity contribution in [3.05, 3.63) is 35.4 Å². The average Bonchev–Trinajstić information content (AvgIpc) is 2.75. The lowest BCUT2D eigenvalue weighted by Crippen LogP contribution is -2.52. The molecule has 2 aliphatic rings. The molecule has 5 nitrogen and oxygen atoms in total. The summed E-state index contributed by atoms with van der Waals surface area (Å²) < 4.78 is 5.48. The van der Waals surface area contributed by atoms with Crippen molar-refractivity contribution in [1.82, 2.24) is 10.6 Å². The summed E-state index contributed by atoms with van der Waals surface area (Å²) in [5.41, 5.74) is 1.91. The summed E-state index contributed by atoms with van der Waals surface area (Å²) in [5.74, 6) is 0. The molecule has 5 heteroatoms. The number of fused-ring (bicyclic) bond motifs is 1. The summed E-state index contributed by atoms with van der Waals surface area (Å²) >= 11 is 0. The smallest absolute Gasteiger partial charge is 0.315 e. The third kappa shape index (κ3) is 2.76. The molecule has 21 heavy (non-hydrogen) atoms. The topological polar surface area (TPSA) is 70.6 Å². The normalized spacial score (nSPS) is 25.8. The van der Waals surface area contributed by atoms with Crippen molar-refractivity contribution < 1.29 is 14.6 Å². The number of rotatable bonds is 4. The Morgan fingerprint density at radius 3 is 2.86 bits per heavy atom. The second kappa shape index (κ2) is 5.66. The van der Waals surface area contributed by atoms with Gasteiger partial charge in [0.05, 0.1) is 17.7 Å². The van der Waals surface area contributed by atoms with Crippen LogP contribution < -0.4 is 10.6 Å². The van der Waals surface area contributed by atoms with Crippen LogP contribution in [0, 0.1) is 0 Å². The summed E-state index contributed by atoms with van der Waals surface area (Å²) in [6.07, 6.45) is 3.14. The second-order valence-electron chi connectivity index (χ2n) is 6.02. The van der Waals surface area contributed by atoms with E-state index in [1.54, 1.807) is 7.11 Å². The number of nitrogens with one attached hydrogen (secondary N) is 2. The maximum Gasteiger partial charge on any atom is 0.315 e. The van der Waals surface area contributed by atoms with E-state index in [4.69, 9.17) is 4.74 Å². The Morgan fingerprint density at radius 1 is 1.43 bits per heavy atom. The van der Waals surface area contributed by atoms with Crippen LogP contribution in [0.3, 0.4) is 0 Å². The van der Waals surface area contributed by atoms with Gasteiger partial charge in [0.15, 0.2) is 0 Å². The molecule has 1 aromatic carbocycles. The first-order valence-corrected chi connectivity index (χ1v) is 7.49. The first kappa shape index (κ1) is 14.4. The number of carbonyl (C=O) groups is 1. The fourth-order valence-corrected chi connectivity index (χ4v) is 3.21. The molecule has 0 radical (unpaired) electrons. The van der Waals surface area contributed by atoms with Gasteiger partial charge in [0, 0.05) is 20.1 Å². The van der Waals surface area contributed by atoms with Crippen LogP contribution in [0.2, 0.25) is 0 Å². The van der Waals surface area contributed by atoms with Gasteiger partial charge in [-0.1, -0.05) is 24.3 Å². The number of hydrogen-bond donors (Lipinski definition) is 3. The standard InChI is InChI=1S/C16H22N2O3/c1-21-16(7-4-8-16)10-17-15(20)18-14-12-6-3-2-5-11(12)9-13(14)19/h2-3,5-6,13-14,19H,4,7-10H2,1H3,(H2,17,18,20). The van der Waals surface area contributed by atoms with Gasteiger partial charge in [0.2, 0.25) is 0 Å². The molecule has 2 aliphatic carbocycles. The number of urea groups is 1. The quantitative estimate of drug-likeness (QED) is 0.787. The maximum atomic E-state index is 12.1. The molecular formula is C16H22N2O3. The molecule has 2 unspecified atom stereocenters. The zero-order chi connectivity index (χ0) is 14.9. The van der Waals surface area contributed by atoms with Crippen molar-refractivity contribution in [3.63, 3.8) is 0 Å². The molecule has 0 spiro atoms. The van der Waals surface area contributed by atoms with Gasteiger partial charge in [-0.15, -0.1) is 0 Å². The average molecular weight is 290 g/mol. The molecule has 2 atom stereocenters. The van der Waals surface area contributed by atoms with E-state index >= 15 is 0 Å². The minimum atomic E-state index is -0.562. The van der Waals surface area contributed by atoms with Gasteiger partial charge in [0.25, 0.3) is 0 Å². The van der Waals surface area contributed by atoms with E-state index in [1.807, 2.05) is 24.3 Å². The molecular weight excluding hydrogens is 268 g/mol. The highest BCUT2D eigenvalue weighted by atomic mass is 16.5. The predicted octanol–water partition coefficient (Wildman–Crippen LogP) is 1.51. The zero-order valence-electron chi connectivity index (χ0n) is 12.3. The Hall–Kier alpha value is -1.59. The molecule has 1 fully saturated rings. The van der Waals surface area contributed by atoms with Gasteiger partial charge in [-0.05, 0) is 30.4 Å². The Bertz CT molecular complexity index is 522. The predicted molar refractivity (Wildman–Crippen MR) is 79.0 cm³/mol. The number of hydrogen-bond acceptors (Lipinski definition) is 3. The molecule has 0 heterocycles. The van der Waals surface area contributed by atoms with Crippen molar-refractivity contribution >= 4 is 6.03 Å². The van der Waals surface area contributed by atoms with Crippen LogP contribution in [-0.4, -0.2) is 36.5 Å². The first-order chi connectivity index (χ1) is 10.1. The van der Waals surface area contributed by atoms with Gasteiger partial charge in [-0.2, -0.15) is 0 Å². The summed E-state index contributed by atoms with van der Waals surface area (Å²) in [5, 5.41) is 15.9. The third-order valence-electron chi connectivity index (χ3n) is 4.76. The van der Waals surface area contributed by atoms with Crippen LogP contribution in [-0.2, 0) is 11.2 Å². The molecule has 0 saturated heterocycles. The van der Waals surface area contributed by atoms with Crippen molar-refractivity contribution in [2.45, 2.75) is 43.4 Å². The number of aliphatic hydroxyl groups is 1. The summed E-state index contributed by atoms with van der Waals surface area (Å²) in [6, 6.07) is 7.25. The SMILES string of the molecule is COC1(CNC(=O)NC2c3ccccc3CC2O)CCC1. The molecule has 0 bridgehead atoms. The van der Waals surface area contributed by atoms with E-state index in [-0.39, 0.29) is 17.7 Å². The van der Waals surface area contributed by atoms with Crippen LogP contribution >= 0.6 is 0 Å². The minimum absolute atomic E-state index is 0.191. The van der Waals surface area contributed by atoms with Crippen molar-refractivity contribution in [1.29, 1.82) is 0 Å². The van der Waals surface area contributed by atoms with Crippen molar-refractivity contribution in [3.8, 4) is 0 Å². The first-order valence-electron chi connectivity index (χ1n) is 7.49. The van der Waals surface area contributed by atoms with Crippen molar-refractivity contribution in [2.24, 2.45) is 0 Å².